The molecule has 0 aliphatic rings. The number of aromatic hydroxyl groups is 3. The summed E-state index contributed by atoms with van der Waals surface area (Å²) in [7, 11) is 0. The first-order valence-corrected chi connectivity index (χ1v) is 6.82. The molecule has 0 radical (unpaired) electrons. The molecule has 1 aromatic heterocycles. The van der Waals surface area contributed by atoms with Crippen LogP contribution in [0, 0.1) is 0 Å². The molecule has 0 fully saturated rings. The minimum absolute atomic E-state index is 0.0444. The highest BCUT2D eigenvalue weighted by Gasteiger charge is 2.16. The zero-order valence-electron chi connectivity index (χ0n) is 11.8. The van der Waals surface area contributed by atoms with Crippen LogP contribution < -0.4 is 5.43 Å². The second-order valence-corrected chi connectivity index (χ2v) is 5.00. The average molecular weight is 298 g/mol. The van der Waals surface area contributed by atoms with E-state index in [0.29, 0.717) is 16.5 Å². The Labute approximate surface area is 125 Å². The number of rotatable bonds is 2. The minimum atomic E-state index is -0.529. The van der Waals surface area contributed by atoms with Crippen LogP contribution in [-0.4, -0.2) is 15.3 Å². The van der Waals surface area contributed by atoms with Gasteiger partial charge in [-0.2, -0.15) is 0 Å². The number of hydrogen-bond acceptors (Lipinski definition) is 5. The summed E-state index contributed by atoms with van der Waals surface area (Å²) in [5, 5.41) is 29.3. The maximum atomic E-state index is 12.3. The Morgan fingerprint density at radius 1 is 1.00 bits per heavy atom. The van der Waals surface area contributed by atoms with Crippen LogP contribution in [0.4, 0.5) is 0 Å². The van der Waals surface area contributed by atoms with Crippen molar-refractivity contribution in [2.75, 3.05) is 0 Å². The molecule has 3 rings (SSSR count). The normalized spacial score (nSPS) is 11.0. The van der Waals surface area contributed by atoms with Gasteiger partial charge in [-0.15, -0.1) is 0 Å². The maximum absolute atomic E-state index is 12.3. The first-order chi connectivity index (χ1) is 10.5. The van der Waals surface area contributed by atoms with E-state index in [1.807, 2.05) is 13.0 Å². The molecule has 5 nitrogen and oxygen atoms in total. The van der Waals surface area contributed by atoms with Gasteiger partial charge in [0.2, 0.25) is 11.2 Å². The standard InChI is InChI=1S/C17H14O5/c1-2-9-3-6-14-11(7-9)15(20)16(21)17(22-14)10-4-5-12(18)13(19)8-10/h3-8,18-19,21H,2H2,1H3. The molecule has 3 aromatic rings. The zero-order chi connectivity index (χ0) is 15.9. The van der Waals surface area contributed by atoms with Crippen LogP contribution in [0.2, 0.25) is 0 Å². The predicted octanol–water partition coefficient (Wildman–Crippen LogP) is 3.14. The van der Waals surface area contributed by atoms with Crippen LogP contribution in [0.3, 0.4) is 0 Å². The number of benzene rings is 2. The van der Waals surface area contributed by atoms with E-state index in [0.717, 1.165) is 12.0 Å². The molecule has 2 aromatic carbocycles. The fourth-order valence-electron chi connectivity index (χ4n) is 2.31. The molecular weight excluding hydrogens is 284 g/mol. The van der Waals surface area contributed by atoms with Gasteiger partial charge in [0.25, 0.3) is 0 Å². The lowest BCUT2D eigenvalue weighted by atomic mass is 10.1. The Bertz CT molecular complexity index is 924. The molecule has 5 heteroatoms. The van der Waals surface area contributed by atoms with E-state index in [4.69, 9.17) is 4.42 Å². The number of phenols is 2. The van der Waals surface area contributed by atoms with E-state index >= 15 is 0 Å². The molecule has 0 saturated carbocycles. The van der Waals surface area contributed by atoms with Crippen LogP contribution in [0.1, 0.15) is 12.5 Å². The van der Waals surface area contributed by atoms with Crippen molar-refractivity contribution in [3.63, 3.8) is 0 Å². The van der Waals surface area contributed by atoms with E-state index in [1.54, 1.807) is 12.1 Å². The van der Waals surface area contributed by atoms with Gasteiger partial charge in [-0.3, -0.25) is 4.79 Å². The summed E-state index contributed by atoms with van der Waals surface area (Å²) in [5.74, 6) is -1.22. The van der Waals surface area contributed by atoms with Gasteiger partial charge in [0, 0.05) is 5.56 Å². The van der Waals surface area contributed by atoms with Crippen molar-refractivity contribution in [1.29, 1.82) is 0 Å². The van der Waals surface area contributed by atoms with E-state index in [9.17, 15) is 20.1 Å². The van der Waals surface area contributed by atoms with Crippen LogP contribution in [0.5, 0.6) is 17.2 Å². The first-order valence-electron chi connectivity index (χ1n) is 6.82. The Morgan fingerprint density at radius 2 is 1.77 bits per heavy atom. The van der Waals surface area contributed by atoms with Crippen molar-refractivity contribution in [3.05, 3.63) is 52.2 Å². The smallest absolute Gasteiger partial charge is 0.235 e. The molecule has 112 valence electrons. The molecule has 22 heavy (non-hydrogen) atoms. The molecule has 0 unspecified atom stereocenters. The molecule has 0 aliphatic heterocycles. The van der Waals surface area contributed by atoms with Crippen LogP contribution in [0.15, 0.2) is 45.6 Å². The zero-order valence-corrected chi connectivity index (χ0v) is 11.8. The van der Waals surface area contributed by atoms with E-state index in [1.165, 1.54) is 18.2 Å². The lowest BCUT2D eigenvalue weighted by Crippen LogP contribution is -2.03. The van der Waals surface area contributed by atoms with Crippen molar-refractivity contribution in [1.82, 2.24) is 0 Å². The van der Waals surface area contributed by atoms with Crippen LogP contribution in [-0.2, 0) is 6.42 Å². The summed E-state index contributed by atoms with van der Waals surface area (Å²) in [6.07, 6.45) is 0.768. The highest BCUT2D eigenvalue weighted by Crippen LogP contribution is 2.35. The first kappa shape index (κ1) is 14.0. The van der Waals surface area contributed by atoms with Crippen molar-refractivity contribution >= 4 is 11.0 Å². The maximum Gasteiger partial charge on any atom is 0.235 e. The van der Waals surface area contributed by atoms with Gasteiger partial charge >= 0.3 is 0 Å². The van der Waals surface area contributed by atoms with Gasteiger partial charge in [0.05, 0.1) is 5.39 Å². The Kier molecular flexibility index (Phi) is 3.25. The van der Waals surface area contributed by atoms with Crippen LogP contribution >= 0.6 is 0 Å². The molecular formula is C17H14O5. The van der Waals surface area contributed by atoms with Crippen molar-refractivity contribution in [2.24, 2.45) is 0 Å². The van der Waals surface area contributed by atoms with E-state index in [-0.39, 0.29) is 17.3 Å². The Balaban J connectivity index is 2.29. The minimum Gasteiger partial charge on any atom is -0.504 e. The number of phenolic OH excluding ortho intramolecular Hbond substituents is 2. The largest absolute Gasteiger partial charge is 0.504 e. The number of fused-ring (bicyclic) bond motifs is 1. The van der Waals surface area contributed by atoms with Gasteiger partial charge in [0.1, 0.15) is 5.58 Å². The third-order valence-electron chi connectivity index (χ3n) is 3.58. The van der Waals surface area contributed by atoms with Gasteiger partial charge in [-0.1, -0.05) is 13.0 Å². The SMILES string of the molecule is CCc1ccc2oc(-c3ccc(O)c(O)c3)c(O)c(=O)c2c1. The summed E-state index contributed by atoms with van der Waals surface area (Å²) in [4.78, 5) is 12.3. The quantitative estimate of drug-likeness (QED) is 0.632. The Morgan fingerprint density at radius 3 is 2.45 bits per heavy atom. The number of aryl methyl sites for hydroxylation is 1. The molecule has 1 heterocycles. The number of hydrogen-bond donors (Lipinski definition) is 3. The Hall–Kier alpha value is -2.95. The average Bonchev–Trinajstić information content (AvgIpc) is 2.53. The third kappa shape index (κ3) is 2.16. The van der Waals surface area contributed by atoms with E-state index < -0.39 is 11.2 Å². The summed E-state index contributed by atoms with van der Waals surface area (Å²) >= 11 is 0. The molecule has 0 saturated heterocycles. The summed E-state index contributed by atoms with van der Waals surface area (Å²) < 4.78 is 5.61. The molecule has 3 N–H and O–H groups in total. The molecule has 0 spiro atoms. The molecule has 0 aliphatic carbocycles. The fourth-order valence-corrected chi connectivity index (χ4v) is 2.31. The van der Waals surface area contributed by atoms with E-state index in [2.05, 4.69) is 0 Å². The van der Waals surface area contributed by atoms with Gasteiger partial charge in [-0.25, -0.2) is 0 Å². The summed E-state index contributed by atoms with van der Waals surface area (Å²) in [6.45, 7) is 1.97. The van der Waals surface area contributed by atoms with Gasteiger partial charge < -0.3 is 19.7 Å². The fraction of sp³-hybridized carbons (Fsp3) is 0.118. The summed E-state index contributed by atoms with van der Waals surface area (Å²) in [6, 6.07) is 9.14. The van der Waals surface area contributed by atoms with Crippen LogP contribution in [0.25, 0.3) is 22.3 Å². The molecule has 0 bridgehead atoms. The van der Waals surface area contributed by atoms with Crippen molar-refractivity contribution in [3.8, 4) is 28.6 Å². The second kappa shape index (κ2) is 5.11. The van der Waals surface area contributed by atoms with Gasteiger partial charge in [0.15, 0.2) is 17.3 Å². The topological polar surface area (TPSA) is 90.9 Å². The monoisotopic (exact) mass is 298 g/mol. The van der Waals surface area contributed by atoms with Crippen molar-refractivity contribution in [2.45, 2.75) is 13.3 Å². The summed E-state index contributed by atoms with van der Waals surface area (Å²) in [5.41, 5.74) is 1.09. The van der Waals surface area contributed by atoms with Gasteiger partial charge in [-0.05, 0) is 42.3 Å². The second-order valence-electron chi connectivity index (χ2n) is 5.00. The third-order valence-corrected chi connectivity index (χ3v) is 3.58. The lowest BCUT2D eigenvalue weighted by Gasteiger charge is -2.08. The highest BCUT2D eigenvalue weighted by molar-refractivity contribution is 5.82. The molecule has 0 amide bonds. The molecule has 0 atom stereocenters. The predicted molar refractivity (Wildman–Crippen MR) is 82.3 cm³/mol. The lowest BCUT2D eigenvalue weighted by molar-refractivity contribution is 0.403. The van der Waals surface area contributed by atoms with Crippen molar-refractivity contribution < 1.29 is 19.7 Å². The highest BCUT2D eigenvalue weighted by atomic mass is 16.4.